The number of amides is 1. The van der Waals surface area contributed by atoms with Crippen molar-refractivity contribution in [2.75, 3.05) is 25.0 Å². The molecule has 128 valence electrons. The van der Waals surface area contributed by atoms with Crippen molar-refractivity contribution in [3.05, 3.63) is 41.3 Å². The van der Waals surface area contributed by atoms with Crippen molar-refractivity contribution in [2.45, 2.75) is 19.4 Å². The molecule has 0 aromatic carbocycles. The van der Waals surface area contributed by atoms with E-state index in [0.29, 0.717) is 11.6 Å². The highest BCUT2D eigenvalue weighted by atomic mass is 35.5. The highest BCUT2D eigenvalue weighted by molar-refractivity contribution is 6.30. The fraction of sp³-hybridized carbons (Fsp3) is 0.471. The second-order valence-corrected chi connectivity index (χ2v) is 6.75. The largest absolute Gasteiger partial charge is 0.357 e. The lowest BCUT2D eigenvalue weighted by Crippen LogP contribution is -2.41. The molecule has 2 aromatic rings. The second-order valence-electron chi connectivity index (χ2n) is 6.31. The van der Waals surface area contributed by atoms with Gasteiger partial charge in [-0.3, -0.25) is 9.48 Å². The number of hydrogen-bond acceptors (Lipinski definition) is 4. The molecule has 0 aliphatic carbocycles. The number of nitrogens with zero attached hydrogens (tertiary/aromatic N) is 5. The monoisotopic (exact) mass is 347 g/mol. The summed E-state index contributed by atoms with van der Waals surface area (Å²) < 4.78 is 1.76. The first-order chi connectivity index (χ1) is 11.5. The summed E-state index contributed by atoms with van der Waals surface area (Å²) in [4.78, 5) is 21.0. The first-order valence-electron chi connectivity index (χ1n) is 8.12. The Balaban J connectivity index is 1.53. The summed E-state index contributed by atoms with van der Waals surface area (Å²) in [5.41, 5.74) is 1.05. The number of halogens is 1. The van der Waals surface area contributed by atoms with E-state index in [-0.39, 0.29) is 11.8 Å². The maximum absolute atomic E-state index is 12.6. The van der Waals surface area contributed by atoms with Crippen LogP contribution in [0.4, 0.5) is 5.82 Å². The zero-order chi connectivity index (χ0) is 17.1. The van der Waals surface area contributed by atoms with Crippen LogP contribution in [0.1, 0.15) is 18.4 Å². The lowest BCUT2D eigenvalue weighted by molar-refractivity contribution is -0.135. The molecule has 0 unspecified atom stereocenters. The van der Waals surface area contributed by atoms with E-state index in [4.69, 9.17) is 11.6 Å². The Labute approximate surface area is 147 Å². The SMILES string of the molecule is CN(Cc1cnn(C)c1)C(=O)C1CCN(c2ccc(Cl)cn2)CC1. The zero-order valence-electron chi connectivity index (χ0n) is 14.0. The molecule has 2 aromatic heterocycles. The Morgan fingerprint density at radius 2 is 2.08 bits per heavy atom. The molecular weight excluding hydrogens is 326 g/mol. The molecule has 3 rings (SSSR count). The van der Waals surface area contributed by atoms with E-state index in [0.717, 1.165) is 37.3 Å². The summed E-state index contributed by atoms with van der Waals surface area (Å²) >= 11 is 5.88. The van der Waals surface area contributed by atoms with E-state index in [1.165, 1.54) is 0 Å². The third-order valence-electron chi connectivity index (χ3n) is 4.43. The van der Waals surface area contributed by atoms with Gasteiger partial charge in [-0.1, -0.05) is 11.6 Å². The molecule has 0 atom stereocenters. The Morgan fingerprint density at radius 3 is 2.67 bits per heavy atom. The molecule has 0 radical (unpaired) electrons. The molecule has 0 saturated carbocycles. The van der Waals surface area contributed by atoms with Gasteiger partial charge in [0.1, 0.15) is 5.82 Å². The maximum Gasteiger partial charge on any atom is 0.225 e. The number of rotatable bonds is 4. The van der Waals surface area contributed by atoms with E-state index in [2.05, 4.69) is 15.0 Å². The Hall–Kier alpha value is -2.08. The van der Waals surface area contributed by atoms with E-state index in [9.17, 15) is 4.79 Å². The van der Waals surface area contributed by atoms with Crippen molar-refractivity contribution in [1.29, 1.82) is 0 Å². The predicted molar refractivity (Wildman–Crippen MR) is 93.9 cm³/mol. The van der Waals surface area contributed by atoms with Gasteiger partial charge >= 0.3 is 0 Å². The van der Waals surface area contributed by atoms with Crippen molar-refractivity contribution >= 4 is 23.3 Å². The van der Waals surface area contributed by atoms with E-state index in [1.54, 1.807) is 22.0 Å². The van der Waals surface area contributed by atoms with Crippen LogP contribution in [-0.2, 0) is 18.4 Å². The van der Waals surface area contributed by atoms with Crippen LogP contribution in [0.2, 0.25) is 5.02 Å². The van der Waals surface area contributed by atoms with Gasteiger partial charge in [0.2, 0.25) is 5.91 Å². The summed E-state index contributed by atoms with van der Waals surface area (Å²) in [6, 6.07) is 3.78. The van der Waals surface area contributed by atoms with Crippen LogP contribution >= 0.6 is 11.6 Å². The average Bonchev–Trinajstić information content (AvgIpc) is 3.00. The van der Waals surface area contributed by atoms with Gasteiger partial charge < -0.3 is 9.80 Å². The molecule has 7 heteroatoms. The molecule has 1 fully saturated rings. The van der Waals surface area contributed by atoms with Gasteiger partial charge in [0.25, 0.3) is 0 Å². The fourth-order valence-corrected chi connectivity index (χ4v) is 3.24. The van der Waals surface area contributed by atoms with Crippen molar-refractivity contribution in [3.8, 4) is 0 Å². The van der Waals surface area contributed by atoms with Crippen molar-refractivity contribution < 1.29 is 4.79 Å². The minimum Gasteiger partial charge on any atom is -0.357 e. The Kier molecular flexibility index (Phi) is 5.04. The van der Waals surface area contributed by atoms with Crippen molar-refractivity contribution in [3.63, 3.8) is 0 Å². The van der Waals surface area contributed by atoms with Crippen LogP contribution in [0, 0.1) is 5.92 Å². The highest BCUT2D eigenvalue weighted by Gasteiger charge is 2.27. The summed E-state index contributed by atoms with van der Waals surface area (Å²) in [7, 11) is 3.74. The summed E-state index contributed by atoms with van der Waals surface area (Å²) in [6.45, 7) is 2.28. The van der Waals surface area contributed by atoms with Crippen LogP contribution in [0.5, 0.6) is 0 Å². The third-order valence-corrected chi connectivity index (χ3v) is 4.66. The number of pyridine rings is 1. The number of anilines is 1. The van der Waals surface area contributed by atoms with Crippen LogP contribution in [0.25, 0.3) is 0 Å². The predicted octanol–water partition coefficient (Wildman–Crippen LogP) is 2.34. The normalized spacial score (nSPS) is 15.5. The van der Waals surface area contributed by atoms with Crippen LogP contribution in [0.15, 0.2) is 30.7 Å². The topological polar surface area (TPSA) is 54.3 Å². The average molecular weight is 348 g/mol. The minimum atomic E-state index is 0.0789. The van der Waals surface area contributed by atoms with Crippen molar-refractivity contribution in [2.24, 2.45) is 13.0 Å². The molecule has 3 heterocycles. The fourth-order valence-electron chi connectivity index (χ4n) is 3.13. The standard InChI is InChI=1S/C17H22ClN5O/c1-21(11-13-9-20-22(2)12-13)17(24)14-5-7-23(8-6-14)16-4-3-15(18)10-19-16/h3-4,9-10,12,14H,5-8,11H2,1-2H3. The van der Waals surface area contributed by atoms with Gasteiger partial charge in [-0.2, -0.15) is 5.10 Å². The molecule has 1 aliphatic rings. The second kappa shape index (κ2) is 7.21. The molecule has 24 heavy (non-hydrogen) atoms. The van der Waals surface area contributed by atoms with Gasteiger partial charge in [0.15, 0.2) is 0 Å². The van der Waals surface area contributed by atoms with E-state index >= 15 is 0 Å². The first-order valence-corrected chi connectivity index (χ1v) is 8.50. The smallest absolute Gasteiger partial charge is 0.225 e. The number of aryl methyl sites for hydroxylation is 1. The van der Waals surface area contributed by atoms with Gasteiger partial charge in [-0.25, -0.2) is 4.98 Å². The minimum absolute atomic E-state index is 0.0789. The van der Waals surface area contributed by atoms with Gasteiger partial charge in [0.05, 0.1) is 11.2 Å². The molecule has 1 aliphatic heterocycles. The Morgan fingerprint density at radius 1 is 1.33 bits per heavy atom. The molecular formula is C17H22ClN5O. The number of piperidine rings is 1. The molecule has 0 N–H and O–H groups in total. The highest BCUT2D eigenvalue weighted by Crippen LogP contribution is 2.24. The van der Waals surface area contributed by atoms with Gasteiger partial charge in [-0.05, 0) is 25.0 Å². The van der Waals surface area contributed by atoms with Crippen LogP contribution in [0.3, 0.4) is 0 Å². The third kappa shape index (κ3) is 3.87. The Bertz CT molecular complexity index is 691. The first kappa shape index (κ1) is 16.8. The van der Waals surface area contributed by atoms with Crippen LogP contribution in [-0.4, -0.2) is 45.7 Å². The lowest BCUT2D eigenvalue weighted by atomic mass is 9.95. The van der Waals surface area contributed by atoms with Crippen molar-refractivity contribution in [1.82, 2.24) is 19.7 Å². The number of carbonyl (C=O) groups is 1. The molecule has 1 amide bonds. The molecule has 0 spiro atoms. The molecule has 1 saturated heterocycles. The van der Waals surface area contributed by atoms with Crippen LogP contribution < -0.4 is 4.90 Å². The molecule has 0 bridgehead atoms. The van der Waals surface area contributed by atoms with Gasteiger partial charge in [0, 0.05) is 57.6 Å². The van der Waals surface area contributed by atoms with E-state index < -0.39 is 0 Å². The maximum atomic E-state index is 12.6. The summed E-state index contributed by atoms with van der Waals surface area (Å²) in [5, 5.41) is 4.79. The lowest BCUT2D eigenvalue weighted by Gasteiger charge is -2.33. The number of carbonyl (C=O) groups excluding carboxylic acids is 1. The molecule has 6 nitrogen and oxygen atoms in total. The van der Waals surface area contributed by atoms with Gasteiger partial charge in [-0.15, -0.1) is 0 Å². The van der Waals surface area contributed by atoms with E-state index in [1.807, 2.05) is 32.4 Å². The summed E-state index contributed by atoms with van der Waals surface area (Å²) in [5.74, 6) is 1.21. The number of hydrogen-bond donors (Lipinski definition) is 0. The quantitative estimate of drug-likeness (QED) is 0.852. The summed E-state index contributed by atoms with van der Waals surface area (Å²) in [6.07, 6.45) is 7.11. The zero-order valence-corrected chi connectivity index (χ0v) is 14.8. The number of aromatic nitrogens is 3.